The van der Waals surface area contributed by atoms with E-state index in [-0.39, 0.29) is 22.9 Å². The summed E-state index contributed by atoms with van der Waals surface area (Å²) in [5.41, 5.74) is -0.533. The number of carbonyl (C=O) groups is 1. The van der Waals surface area contributed by atoms with Crippen LogP contribution in [0.5, 0.6) is 0 Å². The van der Waals surface area contributed by atoms with Crippen LogP contribution in [-0.2, 0) is 9.53 Å². The summed E-state index contributed by atoms with van der Waals surface area (Å²) in [4.78, 5) is 13.0. The van der Waals surface area contributed by atoms with Crippen LogP contribution < -0.4 is 0 Å². The zero-order valence-electron chi connectivity index (χ0n) is 16.1. The van der Waals surface area contributed by atoms with Crippen molar-refractivity contribution in [1.29, 1.82) is 0 Å². The quantitative estimate of drug-likeness (QED) is 0.584. The first-order chi connectivity index (χ1) is 9.99. The Balaban J connectivity index is 2.85. The number of hydrogen-bond donors (Lipinski definition) is 0. The van der Waals surface area contributed by atoms with Crippen molar-refractivity contribution in [2.75, 3.05) is 0 Å². The second-order valence-corrected chi connectivity index (χ2v) is 9.42. The van der Waals surface area contributed by atoms with Crippen LogP contribution in [0.25, 0.3) is 0 Å². The molecular formula is C20H38O2. The summed E-state index contributed by atoms with van der Waals surface area (Å²) >= 11 is 0. The zero-order valence-corrected chi connectivity index (χ0v) is 16.1. The molecule has 1 atom stereocenters. The van der Waals surface area contributed by atoms with E-state index in [4.69, 9.17) is 4.74 Å². The second kappa shape index (κ2) is 7.36. The normalized spacial score (nSPS) is 22.5. The molecule has 1 rings (SSSR count). The lowest BCUT2D eigenvalue weighted by Gasteiger charge is -2.40. The van der Waals surface area contributed by atoms with Crippen molar-refractivity contribution in [1.82, 2.24) is 0 Å². The minimum atomic E-state index is -0.399. The van der Waals surface area contributed by atoms with E-state index in [9.17, 15) is 4.79 Å². The van der Waals surface area contributed by atoms with Crippen molar-refractivity contribution < 1.29 is 9.53 Å². The standard InChI is InChI=1S/C20H38O2/c1-16(2)20(7,15-18(3,4)5)17(21)22-19(6)13-11-9-8-10-12-14-19/h16H,8-15H2,1-7H3. The van der Waals surface area contributed by atoms with Crippen LogP contribution >= 0.6 is 0 Å². The predicted octanol–water partition coefficient (Wildman–Crippen LogP) is 6.13. The summed E-state index contributed by atoms with van der Waals surface area (Å²) in [7, 11) is 0. The Kier molecular flexibility index (Phi) is 6.53. The monoisotopic (exact) mass is 310 g/mol. The first-order valence-electron chi connectivity index (χ1n) is 9.22. The molecule has 0 amide bonds. The molecule has 0 aromatic rings. The molecule has 0 N–H and O–H groups in total. The Morgan fingerprint density at radius 3 is 1.86 bits per heavy atom. The van der Waals surface area contributed by atoms with Gasteiger partial charge in [-0.1, -0.05) is 53.9 Å². The van der Waals surface area contributed by atoms with Gasteiger partial charge in [0.05, 0.1) is 5.41 Å². The molecule has 22 heavy (non-hydrogen) atoms. The van der Waals surface area contributed by atoms with Crippen molar-refractivity contribution in [3.8, 4) is 0 Å². The molecule has 0 saturated heterocycles. The first kappa shape index (κ1) is 19.5. The Morgan fingerprint density at radius 2 is 1.45 bits per heavy atom. The van der Waals surface area contributed by atoms with E-state index in [2.05, 4.69) is 48.5 Å². The summed E-state index contributed by atoms with van der Waals surface area (Å²) in [5, 5.41) is 0. The Labute approximate surface area is 138 Å². The van der Waals surface area contributed by atoms with Gasteiger partial charge in [-0.25, -0.2) is 0 Å². The number of hydrogen-bond acceptors (Lipinski definition) is 2. The highest BCUT2D eigenvalue weighted by molar-refractivity contribution is 5.77. The van der Waals surface area contributed by atoms with E-state index in [1.54, 1.807) is 0 Å². The highest BCUT2D eigenvalue weighted by Crippen LogP contribution is 2.42. The van der Waals surface area contributed by atoms with Gasteiger partial charge in [0.1, 0.15) is 5.60 Å². The fraction of sp³-hybridized carbons (Fsp3) is 0.950. The molecule has 0 aromatic heterocycles. The van der Waals surface area contributed by atoms with Gasteiger partial charge in [-0.2, -0.15) is 0 Å². The third kappa shape index (κ3) is 5.59. The summed E-state index contributed by atoms with van der Waals surface area (Å²) in [5.74, 6) is 0.303. The number of ether oxygens (including phenoxy) is 1. The maximum atomic E-state index is 13.0. The highest BCUT2D eigenvalue weighted by Gasteiger charge is 2.44. The maximum absolute atomic E-state index is 13.0. The van der Waals surface area contributed by atoms with Gasteiger partial charge in [0.15, 0.2) is 0 Å². The molecule has 1 aliphatic rings. The van der Waals surface area contributed by atoms with Gasteiger partial charge in [0.2, 0.25) is 0 Å². The average molecular weight is 311 g/mol. The molecular weight excluding hydrogens is 272 g/mol. The zero-order chi connectivity index (χ0) is 17.0. The molecule has 2 nitrogen and oxygen atoms in total. The van der Waals surface area contributed by atoms with Gasteiger partial charge in [0, 0.05) is 0 Å². The van der Waals surface area contributed by atoms with Gasteiger partial charge in [-0.3, -0.25) is 4.79 Å². The third-order valence-corrected chi connectivity index (χ3v) is 5.39. The first-order valence-corrected chi connectivity index (χ1v) is 9.22. The van der Waals surface area contributed by atoms with Gasteiger partial charge < -0.3 is 4.74 Å². The molecule has 0 heterocycles. The van der Waals surface area contributed by atoms with Crippen LogP contribution in [0.15, 0.2) is 0 Å². The van der Waals surface area contributed by atoms with E-state index in [1.165, 1.54) is 32.1 Å². The number of esters is 1. The second-order valence-electron chi connectivity index (χ2n) is 9.42. The molecule has 1 saturated carbocycles. The van der Waals surface area contributed by atoms with Crippen LogP contribution in [0, 0.1) is 16.7 Å². The van der Waals surface area contributed by atoms with E-state index in [0.29, 0.717) is 0 Å². The van der Waals surface area contributed by atoms with Crippen LogP contribution in [0.3, 0.4) is 0 Å². The largest absolute Gasteiger partial charge is 0.459 e. The van der Waals surface area contributed by atoms with Crippen LogP contribution in [0.2, 0.25) is 0 Å². The van der Waals surface area contributed by atoms with Crippen molar-refractivity contribution in [3.05, 3.63) is 0 Å². The van der Waals surface area contributed by atoms with Crippen molar-refractivity contribution in [2.24, 2.45) is 16.7 Å². The third-order valence-electron chi connectivity index (χ3n) is 5.39. The molecule has 1 fully saturated rings. The van der Waals surface area contributed by atoms with Gasteiger partial charge >= 0.3 is 5.97 Å². The smallest absolute Gasteiger partial charge is 0.312 e. The SMILES string of the molecule is CC(C)C(C)(CC(C)(C)C)C(=O)OC1(C)CCCCCCC1. The molecule has 1 unspecified atom stereocenters. The summed E-state index contributed by atoms with van der Waals surface area (Å²) in [6.45, 7) is 15.2. The Bertz CT molecular complexity index is 356. The number of carbonyl (C=O) groups excluding carboxylic acids is 1. The Hall–Kier alpha value is -0.530. The maximum Gasteiger partial charge on any atom is 0.312 e. The minimum Gasteiger partial charge on any atom is -0.459 e. The van der Waals surface area contributed by atoms with Gasteiger partial charge in [-0.05, 0) is 57.3 Å². The van der Waals surface area contributed by atoms with Gasteiger partial charge in [0.25, 0.3) is 0 Å². The fourth-order valence-electron chi connectivity index (χ4n) is 3.71. The lowest BCUT2D eigenvalue weighted by atomic mass is 9.68. The van der Waals surface area contributed by atoms with Gasteiger partial charge in [-0.15, -0.1) is 0 Å². The van der Waals surface area contributed by atoms with Crippen LogP contribution in [0.4, 0.5) is 0 Å². The van der Waals surface area contributed by atoms with E-state index >= 15 is 0 Å². The molecule has 0 radical (unpaired) electrons. The van der Waals surface area contributed by atoms with Crippen molar-refractivity contribution in [3.63, 3.8) is 0 Å². The molecule has 0 bridgehead atoms. The summed E-state index contributed by atoms with van der Waals surface area (Å²) in [6.07, 6.45) is 9.14. The van der Waals surface area contributed by atoms with Crippen LogP contribution in [0.1, 0.15) is 99.8 Å². The van der Waals surface area contributed by atoms with E-state index in [0.717, 1.165) is 19.3 Å². The van der Waals surface area contributed by atoms with E-state index < -0.39 is 5.41 Å². The molecule has 2 heteroatoms. The highest BCUT2D eigenvalue weighted by atomic mass is 16.6. The molecule has 130 valence electrons. The Morgan fingerprint density at radius 1 is 1.00 bits per heavy atom. The molecule has 0 spiro atoms. The topological polar surface area (TPSA) is 26.3 Å². The lowest BCUT2D eigenvalue weighted by Crippen LogP contribution is -2.43. The minimum absolute atomic E-state index is 0.0144. The summed E-state index contributed by atoms with van der Waals surface area (Å²) in [6, 6.07) is 0. The van der Waals surface area contributed by atoms with Crippen LogP contribution in [-0.4, -0.2) is 11.6 Å². The van der Waals surface area contributed by atoms with Crippen molar-refractivity contribution in [2.45, 2.75) is 105 Å². The lowest BCUT2D eigenvalue weighted by molar-refractivity contribution is -0.177. The summed E-state index contributed by atoms with van der Waals surface area (Å²) < 4.78 is 6.15. The average Bonchev–Trinajstić information content (AvgIpc) is 2.32. The number of rotatable bonds is 4. The molecule has 0 aromatic carbocycles. The van der Waals surface area contributed by atoms with Crippen molar-refractivity contribution >= 4 is 5.97 Å². The van der Waals surface area contributed by atoms with E-state index in [1.807, 2.05) is 0 Å². The molecule has 1 aliphatic carbocycles. The predicted molar refractivity (Wildman–Crippen MR) is 93.8 cm³/mol. The fourth-order valence-corrected chi connectivity index (χ4v) is 3.71. The molecule has 0 aliphatic heterocycles.